The van der Waals surface area contributed by atoms with Crippen molar-refractivity contribution in [1.82, 2.24) is 4.57 Å². The number of fused-ring (bicyclic) bond motifs is 1. The summed E-state index contributed by atoms with van der Waals surface area (Å²) in [4.78, 5) is 28.7. The third-order valence-electron chi connectivity index (χ3n) is 3.66. The molecule has 130 valence electrons. The summed E-state index contributed by atoms with van der Waals surface area (Å²) < 4.78 is 2.42. The van der Waals surface area contributed by atoms with Gasteiger partial charge in [-0.15, -0.1) is 18.2 Å². The zero-order valence-electron chi connectivity index (χ0n) is 13.7. The van der Waals surface area contributed by atoms with Crippen molar-refractivity contribution in [2.24, 2.45) is 4.99 Å². The Morgan fingerprint density at radius 2 is 2.15 bits per heavy atom. The van der Waals surface area contributed by atoms with Gasteiger partial charge in [0.05, 0.1) is 27.2 Å². The Morgan fingerprint density at radius 3 is 2.85 bits per heavy atom. The van der Waals surface area contributed by atoms with Gasteiger partial charge in [-0.05, 0) is 24.5 Å². The second-order valence-electron chi connectivity index (χ2n) is 5.20. The third kappa shape index (κ3) is 3.40. The van der Waals surface area contributed by atoms with Gasteiger partial charge in [0, 0.05) is 17.0 Å². The smallest absolute Gasteiger partial charge is 0.280 e. The summed E-state index contributed by atoms with van der Waals surface area (Å²) in [5, 5.41) is 11.0. The van der Waals surface area contributed by atoms with Crippen molar-refractivity contribution in [2.75, 3.05) is 6.26 Å². The molecule has 26 heavy (non-hydrogen) atoms. The van der Waals surface area contributed by atoms with Gasteiger partial charge in [0.25, 0.3) is 11.6 Å². The highest BCUT2D eigenvalue weighted by atomic mass is 32.2. The number of hydrogen-bond acceptors (Lipinski definition) is 5. The third-order valence-corrected chi connectivity index (χ3v) is 5.52. The van der Waals surface area contributed by atoms with Crippen LogP contribution in [0.1, 0.15) is 10.4 Å². The first-order valence-corrected chi connectivity index (χ1v) is 9.52. The molecule has 3 rings (SSSR count). The number of rotatable bonds is 4. The molecule has 2 aromatic carbocycles. The summed E-state index contributed by atoms with van der Waals surface area (Å²) in [7, 11) is 0. The molecule has 0 bridgehead atoms. The number of thioether (sulfide) groups is 1. The van der Waals surface area contributed by atoms with E-state index in [1.165, 1.54) is 35.2 Å². The number of non-ortho nitro benzene ring substituents is 1. The lowest BCUT2D eigenvalue weighted by Gasteiger charge is -2.03. The molecule has 0 spiro atoms. The largest absolute Gasteiger partial charge is 0.304 e. The summed E-state index contributed by atoms with van der Waals surface area (Å²) >= 11 is 2.74. The Morgan fingerprint density at radius 1 is 1.38 bits per heavy atom. The molecule has 0 unspecified atom stereocenters. The number of hydrogen-bond donors (Lipinski definition) is 0. The fraction of sp³-hybridized carbons (Fsp3) is 0.111. The van der Waals surface area contributed by atoms with Crippen molar-refractivity contribution in [1.29, 1.82) is 0 Å². The molecule has 0 aliphatic carbocycles. The zero-order valence-corrected chi connectivity index (χ0v) is 15.3. The van der Waals surface area contributed by atoms with Crippen LogP contribution in [0.4, 0.5) is 5.69 Å². The zero-order chi connectivity index (χ0) is 18.7. The van der Waals surface area contributed by atoms with Crippen molar-refractivity contribution in [3.05, 3.63) is 62.9 Å². The van der Waals surface area contributed by atoms with Crippen LogP contribution in [0, 0.1) is 22.5 Å². The molecule has 0 fully saturated rings. The van der Waals surface area contributed by atoms with Crippen LogP contribution < -0.4 is 4.80 Å². The molecule has 0 aliphatic heterocycles. The highest BCUT2D eigenvalue weighted by molar-refractivity contribution is 7.98. The minimum absolute atomic E-state index is 0.0355. The van der Waals surface area contributed by atoms with Crippen molar-refractivity contribution in [2.45, 2.75) is 11.4 Å². The second-order valence-corrected chi connectivity index (χ2v) is 7.06. The molecule has 1 aromatic heterocycles. The summed E-state index contributed by atoms with van der Waals surface area (Å²) in [5.74, 6) is 2.14. The molecule has 0 atom stereocenters. The van der Waals surface area contributed by atoms with Gasteiger partial charge in [-0.3, -0.25) is 14.9 Å². The minimum Gasteiger partial charge on any atom is -0.304 e. The van der Waals surface area contributed by atoms with Gasteiger partial charge in [-0.25, -0.2) is 0 Å². The van der Waals surface area contributed by atoms with Crippen LogP contribution in [0.25, 0.3) is 10.2 Å². The molecule has 1 heterocycles. The number of thiazole rings is 1. The van der Waals surface area contributed by atoms with Gasteiger partial charge in [-0.2, -0.15) is 4.99 Å². The first-order chi connectivity index (χ1) is 12.5. The highest BCUT2D eigenvalue weighted by Gasteiger charge is 2.14. The van der Waals surface area contributed by atoms with Crippen LogP contribution in [0.3, 0.4) is 0 Å². The molecule has 0 aliphatic rings. The SMILES string of the molecule is C#CCn1c(=NC(=O)c2ccccc2SC)sc2ccc([N+](=O)[O-])cc21. The van der Waals surface area contributed by atoms with Gasteiger partial charge >= 0.3 is 0 Å². The number of nitro groups is 1. The summed E-state index contributed by atoms with van der Waals surface area (Å²) in [6.07, 6.45) is 7.33. The van der Waals surface area contributed by atoms with E-state index in [0.29, 0.717) is 15.9 Å². The predicted molar refractivity (Wildman–Crippen MR) is 103 cm³/mol. The van der Waals surface area contributed by atoms with Gasteiger partial charge in [0.1, 0.15) is 0 Å². The molecule has 3 aromatic rings. The minimum atomic E-state index is -0.464. The van der Waals surface area contributed by atoms with E-state index in [9.17, 15) is 14.9 Å². The van der Waals surface area contributed by atoms with Crippen molar-refractivity contribution < 1.29 is 9.72 Å². The monoisotopic (exact) mass is 383 g/mol. The number of carbonyl (C=O) groups excluding carboxylic acids is 1. The van der Waals surface area contributed by atoms with Crippen molar-refractivity contribution >= 4 is 44.9 Å². The highest BCUT2D eigenvalue weighted by Crippen LogP contribution is 2.24. The van der Waals surface area contributed by atoms with Crippen LogP contribution in [-0.2, 0) is 6.54 Å². The Labute approximate surface area is 157 Å². The van der Waals surface area contributed by atoms with E-state index < -0.39 is 4.92 Å². The van der Waals surface area contributed by atoms with E-state index in [4.69, 9.17) is 6.42 Å². The van der Waals surface area contributed by atoms with Crippen LogP contribution in [0.5, 0.6) is 0 Å². The maximum absolute atomic E-state index is 12.7. The predicted octanol–water partition coefficient (Wildman–Crippen LogP) is 3.71. The molecule has 6 nitrogen and oxygen atoms in total. The van der Waals surface area contributed by atoms with Crippen LogP contribution in [-0.4, -0.2) is 21.7 Å². The molecular weight excluding hydrogens is 370 g/mol. The first-order valence-electron chi connectivity index (χ1n) is 7.48. The van der Waals surface area contributed by atoms with Gasteiger partial charge in [-0.1, -0.05) is 29.4 Å². The molecule has 0 saturated heterocycles. The average Bonchev–Trinajstić information content (AvgIpc) is 2.98. The molecule has 0 radical (unpaired) electrons. The van der Waals surface area contributed by atoms with E-state index in [1.54, 1.807) is 22.8 Å². The van der Waals surface area contributed by atoms with E-state index >= 15 is 0 Å². The Balaban J connectivity index is 2.19. The second kappa shape index (κ2) is 7.56. The number of amides is 1. The van der Waals surface area contributed by atoms with Crippen molar-refractivity contribution in [3.8, 4) is 12.3 Å². The lowest BCUT2D eigenvalue weighted by molar-refractivity contribution is -0.384. The maximum atomic E-state index is 12.7. The van der Waals surface area contributed by atoms with Gasteiger partial charge in [0.15, 0.2) is 4.80 Å². The number of benzene rings is 2. The molecule has 0 saturated carbocycles. The molecule has 8 heteroatoms. The summed E-state index contributed by atoms with van der Waals surface area (Å²) in [6.45, 7) is 0.164. The lowest BCUT2D eigenvalue weighted by Crippen LogP contribution is -2.16. The van der Waals surface area contributed by atoms with E-state index in [0.717, 1.165) is 9.60 Å². The number of carbonyl (C=O) groups is 1. The fourth-order valence-corrected chi connectivity index (χ4v) is 4.07. The van der Waals surface area contributed by atoms with E-state index in [1.807, 2.05) is 18.4 Å². The standard InChI is InChI=1S/C18H13N3O3S2/c1-3-10-20-14-11-12(21(23)24)8-9-16(14)26-18(20)19-17(22)13-6-4-5-7-15(13)25-2/h1,4-9,11H,10H2,2H3. The average molecular weight is 383 g/mol. The quantitative estimate of drug-likeness (QED) is 0.298. The number of nitrogens with zero attached hydrogens (tertiary/aromatic N) is 3. The van der Waals surface area contributed by atoms with E-state index in [-0.39, 0.29) is 18.1 Å². The van der Waals surface area contributed by atoms with E-state index in [2.05, 4.69) is 10.9 Å². The lowest BCUT2D eigenvalue weighted by atomic mass is 10.2. The molecular formula is C18H13N3O3S2. The Hall–Kier alpha value is -2.89. The topological polar surface area (TPSA) is 77.5 Å². The molecule has 0 N–H and O–H groups in total. The number of terminal acetylenes is 1. The fourth-order valence-electron chi connectivity index (χ4n) is 2.47. The van der Waals surface area contributed by atoms with Gasteiger partial charge < -0.3 is 4.57 Å². The van der Waals surface area contributed by atoms with Crippen LogP contribution in [0.15, 0.2) is 52.4 Å². The first kappa shape index (κ1) is 17.9. The number of nitro benzene ring substituents is 1. The van der Waals surface area contributed by atoms with Gasteiger partial charge in [0.2, 0.25) is 0 Å². The summed E-state index contributed by atoms with van der Waals surface area (Å²) in [6, 6.07) is 11.7. The van der Waals surface area contributed by atoms with Crippen LogP contribution >= 0.6 is 23.1 Å². The summed E-state index contributed by atoms with van der Waals surface area (Å²) in [5.41, 5.74) is 1.06. The van der Waals surface area contributed by atoms with Crippen LogP contribution in [0.2, 0.25) is 0 Å². The molecule has 1 amide bonds. The Kier molecular flexibility index (Phi) is 5.21. The Bertz CT molecular complexity index is 1120. The normalized spacial score (nSPS) is 11.5. The number of aromatic nitrogens is 1. The maximum Gasteiger partial charge on any atom is 0.280 e. The van der Waals surface area contributed by atoms with Crippen molar-refractivity contribution in [3.63, 3.8) is 0 Å².